The zero-order valence-corrected chi connectivity index (χ0v) is 12.6. The van der Waals surface area contributed by atoms with Gasteiger partial charge in [0.1, 0.15) is 4.90 Å². The molecule has 5 nitrogen and oxygen atoms in total. The molecule has 0 atom stereocenters. The smallest absolute Gasteiger partial charge is 0.242 e. The van der Waals surface area contributed by atoms with Crippen LogP contribution in [0.4, 0.5) is 0 Å². The molecule has 1 aromatic rings. The lowest BCUT2D eigenvalue weighted by Crippen LogP contribution is -2.33. The number of sulfonamides is 1. The van der Waals surface area contributed by atoms with Crippen LogP contribution in [0.3, 0.4) is 0 Å². The van der Waals surface area contributed by atoms with Crippen LogP contribution in [0.25, 0.3) is 0 Å². The summed E-state index contributed by atoms with van der Waals surface area (Å²) in [4.78, 5) is 0.108. The van der Waals surface area contributed by atoms with Gasteiger partial charge >= 0.3 is 0 Å². The molecule has 1 aromatic carbocycles. The fraction of sp³-hybridized carbons (Fsp3) is 0.500. The fourth-order valence-corrected chi connectivity index (χ4v) is 3.10. The second kappa shape index (κ2) is 7.81. The molecule has 0 bridgehead atoms. The third-order valence-corrected chi connectivity index (χ3v) is 4.40. The fourth-order valence-electron chi connectivity index (χ4n) is 1.47. The van der Waals surface area contributed by atoms with Gasteiger partial charge in [0.2, 0.25) is 10.0 Å². The van der Waals surface area contributed by atoms with E-state index in [4.69, 9.17) is 16.3 Å². The summed E-state index contributed by atoms with van der Waals surface area (Å²) in [6, 6.07) is 4.86. The monoisotopic (exact) mass is 306 g/mol. The summed E-state index contributed by atoms with van der Waals surface area (Å²) in [5.74, 6) is 0. The lowest BCUT2D eigenvalue weighted by atomic mass is 10.2. The summed E-state index contributed by atoms with van der Waals surface area (Å²) in [5, 5.41) is 3.29. The van der Waals surface area contributed by atoms with Crippen LogP contribution < -0.4 is 10.0 Å². The van der Waals surface area contributed by atoms with Gasteiger partial charge in [-0.1, -0.05) is 17.7 Å². The van der Waals surface area contributed by atoms with Crippen molar-refractivity contribution in [2.24, 2.45) is 0 Å². The molecule has 108 valence electrons. The van der Waals surface area contributed by atoms with Crippen molar-refractivity contribution in [2.75, 3.05) is 33.4 Å². The molecule has 0 aliphatic rings. The molecule has 2 N–H and O–H groups in total. The van der Waals surface area contributed by atoms with Crippen molar-refractivity contribution in [3.05, 3.63) is 28.8 Å². The molecule has 0 spiro atoms. The van der Waals surface area contributed by atoms with Crippen molar-refractivity contribution in [3.8, 4) is 0 Å². The molecule has 7 heteroatoms. The van der Waals surface area contributed by atoms with Crippen LogP contribution in [0, 0.1) is 6.92 Å². The van der Waals surface area contributed by atoms with E-state index in [1.54, 1.807) is 19.2 Å². The van der Waals surface area contributed by atoms with Crippen LogP contribution in [-0.2, 0) is 14.8 Å². The second-order valence-corrected chi connectivity index (χ2v) is 6.22. The zero-order chi connectivity index (χ0) is 14.3. The minimum absolute atomic E-state index is 0.108. The van der Waals surface area contributed by atoms with Gasteiger partial charge in [0.15, 0.2) is 0 Å². The third-order valence-electron chi connectivity index (χ3n) is 2.45. The Hall–Kier alpha value is -0.660. The molecule has 0 aromatic heterocycles. The molecule has 1 rings (SSSR count). The van der Waals surface area contributed by atoms with Crippen LogP contribution in [-0.4, -0.2) is 41.8 Å². The Balaban J connectivity index is 2.52. The van der Waals surface area contributed by atoms with Crippen molar-refractivity contribution in [1.29, 1.82) is 0 Å². The largest absolute Gasteiger partial charge is 0.383 e. The Bertz CT molecular complexity index is 506. The zero-order valence-electron chi connectivity index (χ0n) is 11.1. The van der Waals surface area contributed by atoms with Crippen molar-refractivity contribution in [2.45, 2.75) is 11.8 Å². The van der Waals surface area contributed by atoms with Gasteiger partial charge in [0.25, 0.3) is 0 Å². The average molecular weight is 307 g/mol. The van der Waals surface area contributed by atoms with Gasteiger partial charge in [-0.3, -0.25) is 0 Å². The Labute approximate surface area is 119 Å². The highest BCUT2D eigenvalue weighted by atomic mass is 35.5. The van der Waals surface area contributed by atoms with E-state index in [-0.39, 0.29) is 9.92 Å². The Morgan fingerprint density at radius 1 is 1.26 bits per heavy atom. The first-order chi connectivity index (χ1) is 8.97. The Morgan fingerprint density at radius 2 is 2.00 bits per heavy atom. The molecule has 0 aliphatic carbocycles. The van der Waals surface area contributed by atoms with Crippen LogP contribution in [0.5, 0.6) is 0 Å². The lowest BCUT2D eigenvalue weighted by Gasteiger charge is -2.09. The van der Waals surface area contributed by atoms with Gasteiger partial charge in [-0.25, -0.2) is 13.1 Å². The number of hydrogen-bond acceptors (Lipinski definition) is 4. The summed E-state index contributed by atoms with van der Waals surface area (Å²) in [5.41, 5.74) is 0.921. The van der Waals surface area contributed by atoms with Crippen LogP contribution >= 0.6 is 11.6 Å². The molecule has 0 amide bonds. The number of methoxy groups -OCH3 is 1. The van der Waals surface area contributed by atoms with Crippen molar-refractivity contribution >= 4 is 21.6 Å². The van der Waals surface area contributed by atoms with E-state index in [1.807, 2.05) is 6.92 Å². The van der Waals surface area contributed by atoms with Gasteiger partial charge in [-0.2, -0.15) is 0 Å². The third kappa shape index (κ3) is 5.46. The first-order valence-electron chi connectivity index (χ1n) is 5.93. The van der Waals surface area contributed by atoms with Gasteiger partial charge in [-0.15, -0.1) is 0 Å². The number of nitrogens with one attached hydrogen (secondary N) is 2. The first-order valence-corrected chi connectivity index (χ1v) is 7.79. The van der Waals surface area contributed by atoms with E-state index >= 15 is 0 Å². The lowest BCUT2D eigenvalue weighted by molar-refractivity contribution is 0.199. The summed E-state index contributed by atoms with van der Waals surface area (Å²) < 4.78 is 31.4. The maximum Gasteiger partial charge on any atom is 0.242 e. The van der Waals surface area contributed by atoms with Crippen LogP contribution in [0.15, 0.2) is 23.1 Å². The van der Waals surface area contributed by atoms with E-state index < -0.39 is 10.0 Å². The highest BCUT2D eigenvalue weighted by Crippen LogP contribution is 2.21. The SMILES string of the molecule is COCCNCCNS(=O)(=O)c1ccc(C)cc1Cl. The van der Waals surface area contributed by atoms with E-state index in [9.17, 15) is 8.42 Å². The predicted octanol–water partition coefficient (Wildman–Crippen LogP) is 1.16. The number of halogens is 1. The molecule has 0 heterocycles. The average Bonchev–Trinajstić information content (AvgIpc) is 2.33. The van der Waals surface area contributed by atoms with Gasteiger partial charge in [0.05, 0.1) is 11.6 Å². The minimum atomic E-state index is -3.55. The molecule has 0 fully saturated rings. The molecular weight excluding hydrogens is 288 g/mol. The highest BCUT2D eigenvalue weighted by Gasteiger charge is 2.16. The van der Waals surface area contributed by atoms with Gasteiger partial charge < -0.3 is 10.1 Å². The van der Waals surface area contributed by atoms with E-state index in [0.29, 0.717) is 26.2 Å². The molecule has 0 aliphatic heterocycles. The van der Waals surface area contributed by atoms with Crippen LogP contribution in [0.1, 0.15) is 5.56 Å². The van der Waals surface area contributed by atoms with Gasteiger partial charge in [-0.05, 0) is 24.6 Å². The molecule has 0 unspecified atom stereocenters. The highest BCUT2D eigenvalue weighted by molar-refractivity contribution is 7.89. The summed E-state index contributed by atoms with van der Waals surface area (Å²) >= 11 is 5.94. The van der Waals surface area contributed by atoms with E-state index in [1.165, 1.54) is 6.07 Å². The summed E-state index contributed by atoms with van der Waals surface area (Å²) in [6.07, 6.45) is 0. The maximum atomic E-state index is 12.0. The molecule has 0 saturated carbocycles. The number of aryl methyl sites for hydroxylation is 1. The van der Waals surface area contributed by atoms with E-state index in [0.717, 1.165) is 5.56 Å². The standard InChI is InChI=1S/C12H19ClN2O3S/c1-10-3-4-12(11(13)9-10)19(16,17)15-6-5-14-7-8-18-2/h3-4,9,14-15H,5-8H2,1-2H3. The van der Waals surface area contributed by atoms with E-state index in [2.05, 4.69) is 10.0 Å². The molecular formula is C12H19ClN2O3S. The molecule has 0 saturated heterocycles. The van der Waals surface area contributed by atoms with Crippen molar-refractivity contribution < 1.29 is 13.2 Å². The number of benzene rings is 1. The number of hydrogen-bond donors (Lipinski definition) is 2. The topological polar surface area (TPSA) is 67.4 Å². The summed E-state index contributed by atoms with van der Waals surface area (Å²) in [7, 11) is -1.94. The quantitative estimate of drug-likeness (QED) is 0.707. The second-order valence-electron chi connectivity index (χ2n) is 4.07. The first kappa shape index (κ1) is 16.4. The molecule has 19 heavy (non-hydrogen) atoms. The maximum absolute atomic E-state index is 12.0. The molecule has 0 radical (unpaired) electrons. The Morgan fingerprint density at radius 3 is 2.63 bits per heavy atom. The normalized spacial score (nSPS) is 11.7. The number of rotatable bonds is 8. The predicted molar refractivity (Wildman–Crippen MR) is 76.1 cm³/mol. The summed E-state index contributed by atoms with van der Waals surface area (Å²) in [6.45, 7) is 3.97. The van der Waals surface area contributed by atoms with Crippen molar-refractivity contribution in [3.63, 3.8) is 0 Å². The number of ether oxygens (including phenoxy) is 1. The minimum Gasteiger partial charge on any atom is -0.383 e. The van der Waals surface area contributed by atoms with Crippen molar-refractivity contribution in [1.82, 2.24) is 10.0 Å². The van der Waals surface area contributed by atoms with Crippen LogP contribution in [0.2, 0.25) is 5.02 Å². The Kier molecular flexibility index (Phi) is 6.74. The van der Waals surface area contributed by atoms with Gasteiger partial charge in [0, 0.05) is 26.7 Å².